The van der Waals surface area contributed by atoms with Crippen molar-refractivity contribution in [3.63, 3.8) is 0 Å². The predicted molar refractivity (Wildman–Crippen MR) is 137 cm³/mol. The molecule has 156 valence electrons. The van der Waals surface area contributed by atoms with Gasteiger partial charge in [0.25, 0.3) is 0 Å². The van der Waals surface area contributed by atoms with Crippen LogP contribution >= 0.6 is 0 Å². The second-order valence-corrected chi connectivity index (χ2v) is 14.3. The molecule has 0 aliphatic heterocycles. The van der Waals surface area contributed by atoms with Crippen LogP contribution in [0.2, 0.25) is 13.1 Å². The lowest BCUT2D eigenvalue weighted by atomic mass is 9.83. The third-order valence-corrected chi connectivity index (χ3v) is 11.8. The number of hydrogen-bond acceptors (Lipinski definition) is 0. The fourth-order valence-electron chi connectivity index (χ4n) is 6.30. The molecule has 2 atom stereocenters. The molecule has 31 heavy (non-hydrogen) atoms. The molecule has 0 bridgehead atoms. The summed E-state index contributed by atoms with van der Waals surface area (Å²) in [5, 5.41) is 1.72. The standard InChI is InChI=1S/C30H32Si/c1-5-13-21(6-2)29-23-15-8-7-14-22(23)20-28(29)31(3,4)30-26-18-11-9-16-24(26)25-17-10-12-19-27(25)30/h5,7-12,14-21,29-30H,1,6,13H2,2-4H3. The van der Waals surface area contributed by atoms with E-state index in [0.717, 1.165) is 6.42 Å². The quantitative estimate of drug-likeness (QED) is 0.277. The number of rotatable bonds is 6. The molecule has 2 unspecified atom stereocenters. The molecule has 5 rings (SSSR count). The second kappa shape index (κ2) is 7.80. The summed E-state index contributed by atoms with van der Waals surface area (Å²) < 4.78 is 0. The summed E-state index contributed by atoms with van der Waals surface area (Å²) in [6.07, 6.45) is 6.96. The van der Waals surface area contributed by atoms with Gasteiger partial charge in [-0.25, -0.2) is 0 Å². The topological polar surface area (TPSA) is 0 Å². The van der Waals surface area contributed by atoms with Crippen molar-refractivity contribution >= 4 is 14.1 Å². The van der Waals surface area contributed by atoms with Gasteiger partial charge in [0.1, 0.15) is 0 Å². The number of allylic oxidation sites excluding steroid dienone is 2. The van der Waals surface area contributed by atoms with Gasteiger partial charge in [0.15, 0.2) is 0 Å². The lowest BCUT2D eigenvalue weighted by Gasteiger charge is -2.38. The van der Waals surface area contributed by atoms with Crippen LogP contribution in [0.4, 0.5) is 0 Å². The van der Waals surface area contributed by atoms with Gasteiger partial charge in [-0.1, -0.05) is 117 Å². The minimum absolute atomic E-state index is 0.504. The summed E-state index contributed by atoms with van der Waals surface area (Å²) in [4.78, 5) is 0. The lowest BCUT2D eigenvalue weighted by Crippen LogP contribution is -2.40. The van der Waals surface area contributed by atoms with Crippen molar-refractivity contribution in [1.29, 1.82) is 0 Å². The maximum absolute atomic E-state index is 4.09. The molecule has 0 radical (unpaired) electrons. The van der Waals surface area contributed by atoms with Gasteiger partial charge in [0.05, 0.1) is 8.07 Å². The third kappa shape index (κ3) is 3.10. The van der Waals surface area contributed by atoms with Gasteiger partial charge in [-0.15, -0.1) is 6.58 Å². The van der Waals surface area contributed by atoms with Crippen molar-refractivity contribution in [2.24, 2.45) is 5.92 Å². The Morgan fingerprint density at radius 3 is 1.97 bits per heavy atom. The lowest BCUT2D eigenvalue weighted by molar-refractivity contribution is 0.464. The molecule has 3 aromatic carbocycles. The molecule has 0 amide bonds. The maximum atomic E-state index is 4.09. The van der Waals surface area contributed by atoms with Crippen LogP contribution in [0.1, 0.15) is 53.5 Å². The van der Waals surface area contributed by atoms with E-state index in [1.165, 1.54) is 39.8 Å². The van der Waals surface area contributed by atoms with E-state index in [9.17, 15) is 0 Å². The van der Waals surface area contributed by atoms with Gasteiger partial charge in [0.2, 0.25) is 0 Å². The Balaban J connectivity index is 1.68. The Hall–Kier alpha value is -2.64. The summed E-state index contributed by atoms with van der Waals surface area (Å²) in [5.74, 6) is 1.13. The third-order valence-electron chi connectivity index (χ3n) is 7.74. The monoisotopic (exact) mass is 420 g/mol. The average Bonchev–Trinajstić information content (AvgIpc) is 3.35. The van der Waals surface area contributed by atoms with Crippen molar-refractivity contribution in [1.82, 2.24) is 0 Å². The summed E-state index contributed by atoms with van der Waals surface area (Å²) >= 11 is 0. The number of benzene rings is 3. The average molecular weight is 421 g/mol. The van der Waals surface area contributed by atoms with Crippen molar-refractivity contribution < 1.29 is 0 Å². The zero-order valence-electron chi connectivity index (χ0n) is 18.9. The molecule has 2 aliphatic carbocycles. The summed E-state index contributed by atoms with van der Waals surface area (Å²) in [6, 6.07) is 27.3. The van der Waals surface area contributed by atoms with Gasteiger partial charge in [0, 0.05) is 11.5 Å². The Morgan fingerprint density at radius 1 is 0.839 bits per heavy atom. The van der Waals surface area contributed by atoms with Crippen molar-refractivity contribution in [3.05, 3.63) is 113 Å². The van der Waals surface area contributed by atoms with Crippen LogP contribution in [0.15, 0.2) is 90.6 Å². The van der Waals surface area contributed by atoms with E-state index in [4.69, 9.17) is 0 Å². The Morgan fingerprint density at radius 2 is 1.39 bits per heavy atom. The molecule has 0 spiro atoms. The molecular weight excluding hydrogens is 388 g/mol. The van der Waals surface area contributed by atoms with E-state index in [1.807, 2.05) is 0 Å². The van der Waals surface area contributed by atoms with E-state index >= 15 is 0 Å². The van der Waals surface area contributed by atoms with E-state index < -0.39 is 8.07 Å². The molecule has 0 N–H and O–H groups in total. The van der Waals surface area contributed by atoms with Crippen LogP contribution in [0.25, 0.3) is 17.2 Å². The highest BCUT2D eigenvalue weighted by Crippen LogP contribution is 2.55. The Bertz CT molecular complexity index is 1120. The van der Waals surface area contributed by atoms with E-state index in [1.54, 1.807) is 5.20 Å². The van der Waals surface area contributed by atoms with Gasteiger partial charge in [-0.3, -0.25) is 0 Å². The van der Waals surface area contributed by atoms with Gasteiger partial charge in [-0.05, 0) is 45.7 Å². The molecular formula is C30H32Si. The zero-order valence-corrected chi connectivity index (χ0v) is 19.9. The molecule has 0 saturated carbocycles. The molecule has 3 aromatic rings. The first kappa shape index (κ1) is 20.3. The Kier molecular flexibility index (Phi) is 5.10. The van der Waals surface area contributed by atoms with Crippen molar-refractivity contribution in [3.8, 4) is 11.1 Å². The van der Waals surface area contributed by atoms with Crippen LogP contribution in [0, 0.1) is 5.92 Å². The van der Waals surface area contributed by atoms with Crippen molar-refractivity contribution in [2.75, 3.05) is 0 Å². The second-order valence-electron chi connectivity index (χ2n) is 9.73. The van der Waals surface area contributed by atoms with Gasteiger partial charge < -0.3 is 0 Å². The number of fused-ring (bicyclic) bond motifs is 4. The van der Waals surface area contributed by atoms with E-state index in [0.29, 0.717) is 17.4 Å². The highest BCUT2D eigenvalue weighted by molar-refractivity contribution is 6.87. The van der Waals surface area contributed by atoms with Crippen LogP contribution in [-0.4, -0.2) is 8.07 Å². The normalized spacial score (nSPS) is 18.2. The van der Waals surface area contributed by atoms with Gasteiger partial charge >= 0.3 is 0 Å². The minimum Gasteiger partial charge on any atom is -0.103 e. The van der Waals surface area contributed by atoms with E-state index in [-0.39, 0.29) is 0 Å². The largest absolute Gasteiger partial charge is 0.103 e. The molecule has 0 aromatic heterocycles. The first-order valence-electron chi connectivity index (χ1n) is 11.7. The van der Waals surface area contributed by atoms with Crippen LogP contribution < -0.4 is 0 Å². The smallest absolute Gasteiger partial charge is 0.0885 e. The summed E-state index contributed by atoms with van der Waals surface area (Å²) in [5.41, 5.74) is 9.42. The predicted octanol–water partition coefficient (Wildman–Crippen LogP) is 8.37. The van der Waals surface area contributed by atoms with Crippen molar-refractivity contribution in [2.45, 2.75) is 44.3 Å². The fraction of sp³-hybridized carbons (Fsp3) is 0.267. The maximum Gasteiger partial charge on any atom is 0.0885 e. The molecule has 0 saturated heterocycles. The fourth-order valence-corrected chi connectivity index (χ4v) is 10.4. The van der Waals surface area contributed by atoms with Crippen LogP contribution in [-0.2, 0) is 0 Å². The minimum atomic E-state index is -1.88. The summed E-state index contributed by atoms with van der Waals surface area (Å²) in [6.45, 7) is 11.7. The molecule has 0 heterocycles. The SMILES string of the molecule is C=CCC(CC)C1C([Si](C)(C)C2c3ccccc3-c3ccccc32)=Cc2ccccc21. The highest BCUT2D eigenvalue weighted by Gasteiger charge is 2.47. The zero-order chi connectivity index (χ0) is 21.6. The molecule has 0 nitrogen and oxygen atoms in total. The van der Waals surface area contributed by atoms with Crippen LogP contribution in [0.5, 0.6) is 0 Å². The number of hydrogen-bond donors (Lipinski definition) is 0. The summed E-state index contributed by atoms with van der Waals surface area (Å²) in [7, 11) is -1.88. The molecule has 1 heteroatoms. The highest BCUT2D eigenvalue weighted by atomic mass is 28.3. The van der Waals surface area contributed by atoms with Crippen LogP contribution in [0.3, 0.4) is 0 Å². The molecule has 2 aliphatic rings. The first-order chi connectivity index (χ1) is 15.1. The first-order valence-corrected chi connectivity index (χ1v) is 14.8. The Labute approximate surface area is 188 Å². The van der Waals surface area contributed by atoms with Gasteiger partial charge in [-0.2, -0.15) is 0 Å². The van der Waals surface area contributed by atoms with E-state index in [2.05, 4.69) is 112 Å². The molecule has 0 fully saturated rings.